The fourth-order valence-electron chi connectivity index (χ4n) is 6.69. The van der Waals surface area contributed by atoms with Crippen molar-refractivity contribution in [2.75, 3.05) is 0 Å². The van der Waals surface area contributed by atoms with Crippen LogP contribution in [-0.2, 0) is 0 Å². The SMILES string of the molecule is CC(C)c1c2c(cc3ccccc13)-c1nccc3c1c(cc1cc(C4CCC(C)(C)CC4)ccc13)O2. The average Bonchev–Trinajstić information content (AvgIpc) is 2.87. The van der Waals surface area contributed by atoms with E-state index >= 15 is 0 Å². The Hall–Kier alpha value is -3.39. The van der Waals surface area contributed by atoms with Crippen molar-refractivity contribution in [3.05, 3.63) is 78.0 Å². The molecule has 0 radical (unpaired) electrons. The summed E-state index contributed by atoms with van der Waals surface area (Å²) in [6.07, 6.45) is 7.14. The van der Waals surface area contributed by atoms with E-state index in [0.29, 0.717) is 17.3 Å². The highest BCUT2D eigenvalue weighted by atomic mass is 16.5. The van der Waals surface area contributed by atoms with E-state index in [0.717, 1.165) is 28.1 Å². The molecule has 1 aliphatic carbocycles. The molecule has 0 N–H and O–H groups in total. The number of hydrogen-bond acceptors (Lipinski definition) is 2. The molecule has 180 valence electrons. The maximum Gasteiger partial charge on any atom is 0.140 e. The molecule has 2 heterocycles. The molecule has 0 unspecified atom stereocenters. The third kappa shape index (κ3) is 3.27. The van der Waals surface area contributed by atoms with E-state index in [1.165, 1.54) is 63.7 Å². The number of pyridine rings is 1. The Bertz CT molecular complexity index is 1670. The molecule has 2 aliphatic rings. The largest absolute Gasteiger partial charge is 0.456 e. The summed E-state index contributed by atoms with van der Waals surface area (Å²) >= 11 is 0. The molecule has 0 saturated heterocycles. The number of rotatable bonds is 2. The van der Waals surface area contributed by atoms with Crippen LogP contribution in [0.3, 0.4) is 0 Å². The first-order valence-corrected chi connectivity index (χ1v) is 13.5. The second-order valence-electron chi connectivity index (χ2n) is 12.0. The molecule has 1 aromatic heterocycles. The van der Waals surface area contributed by atoms with Crippen LogP contribution in [-0.4, -0.2) is 4.98 Å². The highest BCUT2D eigenvalue weighted by molar-refractivity contribution is 6.16. The van der Waals surface area contributed by atoms with Crippen molar-refractivity contribution in [2.24, 2.45) is 5.41 Å². The maximum absolute atomic E-state index is 6.83. The first-order valence-electron chi connectivity index (χ1n) is 13.5. The Balaban J connectivity index is 1.44. The maximum atomic E-state index is 6.83. The minimum Gasteiger partial charge on any atom is -0.456 e. The zero-order valence-electron chi connectivity index (χ0n) is 21.7. The van der Waals surface area contributed by atoms with Gasteiger partial charge in [0.25, 0.3) is 0 Å². The van der Waals surface area contributed by atoms with Gasteiger partial charge in [0.2, 0.25) is 0 Å². The Morgan fingerprint density at radius 2 is 1.67 bits per heavy atom. The summed E-state index contributed by atoms with van der Waals surface area (Å²) in [5.41, 5.74) is 5.37. The predicted octanol–water partition coefficient (Wildman–Crippen LogP) is 10.1. The lowest BCUT2D eigenvalue weighted by molar-refractivity contribution is 0.224. The molecule has 0 bridgehead atoms. The Labute approximate surface area is 213 Å². The molecular formula is C34H33NO. The molecule has 2 nitrogen and oxygen atoms in total. The predicted molar refractivity (Wildman–Crippen MR) is 151 cm³/mol. The van der Waals surface area contributed by atoms with E-state index in [1.54, 1.807) is 0 Å². The van der Waals surface area contributed by atoms with Gasteiger partial charge in [-0.25, -0.2) is 0 Å². The fraction of sp³-hybridized carbons (Fsp3) is 0.324. The molecule has 1 aliphatic heterocycles. The first-order chi connectivity index (χ1) is 17.4. The van der Waals surface area contributed by atoms with Crippen LogP contribution in [0.15, 0.2) is 66.9 Å². The molecule has 1 saturated carbocycles. The minimum absolute atomic E-state index is 0.341. The zero-order chi connectivity index (χ0) is 24.6. The van der Waals surface area contributed by atoms with Gasteiger partial charge in [-0.1, -0.05) is 70.2 Å². The van der Waals surface area contributed by atoms with Gasteiger partial charge < -0.3 is 4.74 Å². The highest BCUT2D eigenvalue weighted by Gasteiger charge is 2.29. The summed E-state index contributed by atoms with van der Waals surface area (Å²) in [5, 5.41) is 7.43. The summed E-state index contributed by atoms with van der Waals surface area (Å²) < 4.78 is 6.83. The summed E-state index contributed by atoms with van der Waals surface area (Å²) in [4.78, 5) is 4.92. The van der Waals surface area contributed by atoms with Crippen molar-refractivity contribution < 1.29 is 4.74 Å². The van der Waals surface area contributed by atoms with Gasteiger partial charge in [-0.3, -0.25) is 4.98 Å². The van der Waals surface area contributed by atoms with Crippen molar-refractivity contribution in [2.45, 2.75) is 65.2 Å². The average molecular weight is 472 g/mol. The van der Waals surface area contributed by atoms with E-state index in [2.05, 4.69) is 88.4 Å². The van der Waals surface area contributed by atoms with Gasteiger partial charge in [-0.2, -0.15) is 0 Å². The zero-order valence-corrected chi connectivity index (χ0v) is 21.7. The van der Waals surface area contributed by atoms with Crippen molar-refractivity contribution in [1.82, 2.24) is 4.98 Å². The van der Waals surface area contributed by atoms with E-state index in [-0.39, 0.29) is 0 Å². The normalized spacial score (nSPS) is 17.0. The van der Waals surface area contributed by atoms with Gasteiger partial charge in [-0.05, 0) is 93.6 Å². The van der Waals surface area contributed by atoms with Gasteiger partial charge in [0.1, 0.15) is 11.5 Å². The fourth-order valence-corrected chi connectivity index (χ4v) is 6.69. The van der Waals surface area contributed by atoms with Gasteiger partial charge in [-0.15, -0.1) is 0 Å². The third-order valence-corrected chi connectivity index (χ3v) is 8.74. The lowest BCUT2D eigenvalue weighted by Gasteiger charge is -2.34. The van der Waals surface area contributed by atoms with Crippen LogP contribution in [0.5, 0.6) is 11.5 Å². The lowest BCUT2D eigenvalue weighted by atomic mass is 9.71. The van der Waals surface area contributed by atoms with Gasteiger partial charge >= 0.3 is 0 Å². The molecule has 0 atom stereocenters. The Kier molecular flexibility index (Phi) is 4.74. The van der Waals surface area contributed by atoms with E-state index in [1.807, 2.05) is 6.20 Å². The molecule has 2 heteroatoms. The van der Waals surface area contributed by atoms with Crippen molar-refractivity contribution in [3.8, 4) is 22.8 Å². The molecule has 0 spiro atoms. The van der Waals surface area contributed by atoms with Crippen molar-refractivity contribution in [3.63, 3.8) is 0 Å². The topological polar surface area (TPSA) is 22.1 Å². The van der Waals surface area contributed by atoms with Crippen LogP contribution in [0.1, 0.15) is 76.3 Å². The van der Waals surface area contributed by atoms with Gasteiger partial charge in [0, 0.05) is 17.3 Å². The first kappa shape index (κ1) is 21.9. The van der Waals surface area contributed by atoms with Crippen LogP contribution in [0.25, 0.3) is 43.6 Å². The number of fused-ring (bicyclic) bond motifs is 5. The second-order valence-corrected chi connectivity index (χ2v) is 12.0. The standard InChI is InChI=1S/C34H33NO/c1-20(2)30-26-8-6-5-7-23(26)18-28-32-31-27(13-16-35-32)25-10-9-22(21-11-14-34(3,4)15-12-21)17-24(25)19-29(31)36-33(28)30/h5-10,13,16-21H,11-12,14-15H2,1-4H3. The van der Waals surface area contributed by atoms with Crippen LogP contribution in [0, 0.1) is 5.41 Å². The minimum atomic E-state index is 0.341. The van der Waals surface area contributed by atoms with Crippen LogP contribution < -0.4 is 4.74 Å². The highest BCUT2D eigenvalue weighted by Crippen LogP contribution is 2.52. The molecule has 1 fully saturated rings. The molecule has 4 aromatic carbocycles. The molecule has 7 rings (SSSR count). The van der Waals surface area contributed by atoms with E-state index < -0.39 is 0 Å². The number of benzene rings is 4. The molecule has 36 heavy (non-hydrogen) atoms. The molecular weight excluding hydrogens is 438 g/mol. The summed E-state index contributed by atoms with van der Waals surface area (Å²) in [6, 6.07) is 22.5. The van der Waals surface area contributed by atoms with Gasteiger partial charge in [0.05, 0.1) is 11.1 Å². The third-order valence-electron chi connectivity index (χ3n) is 8.74. The summed E-state index contributed by atoms with van der Waals surface area (Å²) in [7, 11) is 0. The van der Waals surface area contributed by atoms with Crippen molar-refractivity contribution in [1.29, 1.82) is 0 Å². The van der Waals surface area contributed by atoms with Gasteiger partial charge in [0.15, 0.2) is 0 Å². The van der Waals surface area contributed by atoms with Crippen LogP contribution in [0.4, 0.5) is 0 Å². The van der Waals surface area contributed by atoms with E-state index in [9.17, 15) is 0 Å². The molecule has 5 aromatic rings. The Morgan fingerprint density at radius 3 is 2.47 bits per heavy atom. The molecule has 0 amide bonds. The number of nitrogens with zero attached hydrogens (tertiary/aromatic N) is 1. The lowest BCUT2D eigenvalue weighted by Crippen LogP contribution is -2.20. The van der Waals surface area contributed by atoms with Crippen LogP contribution >= 0.6 is 0 Å². The second kappa shape index (κ2) is 7.80. The quantitative estimate of drug-likeness (QED) is 0.234. The van der Waals surface area contributed by atoms with E-state index in [4.69, 9.17) is 9.72 Å². The monoisotopic (exact) mass is 471 g/mol. The van der Waals surface area contributed by atoms with Crippen LogP contribution in [0.2, 0.25) is 0 Å². The smallest absolute Gasteiger partial charge is 0.140 e. The van der Waals surface area contributed by atoms with Crippen molar-refractivity contribution >= 4 is 32.3 Å². The summed E-state index contributed by atoms with van der Waals surface area (Å²) in [5.74, 6) is 2.91. The number of hydrogen-bond donors (Lipinski definition) is 0. The number of ether oxygens (including phenoxy) is 1. The summed E-state index contributed by atoms with van der Waals surface area (Å²) in [6.45, 7) is 9.34. The Morgan fingerprint density at radius 1 is 0.861 bits per heavy atom. The number of aromatic nitrogens is 1.